The van der Waals surface area contributed by atoms with Crippen molar-refractivity contribution in [2.24, 2.45) is 5.92 Å². The molecule has 1 fully saturated rings. The largest absolute Gasteiger partial charge is 0.543 e. The molecule has 0 saturated carbocycles. The van der Waals surface area contributed by atoms with Gasteiger partial charge in [0.2, 0.25) is 12.2 Å². The van der Waals surface area contributed by atoms with Gasteiger partial charge < -0.3 is 19.9 Å². The number of aromatic nitrogens is 2. The van der Waals surface area contributed by atoms with E-state index in [-0.39, 0.29) is 11.5 Å². The summed E-state index contributed by atoms with van der Waals surface area (Å²) < 4.78 is 4.07. The zero-order valence-corrected chi connectivity index (χ0v) is 22.4. The third-order valence-electron chi connectivity index (χ3n) is 8.49. The van der Waals surface area contributed by atoms with Crippen molar-refractivity contribution in [2.75, 3.05) is 0 Å². The van der Waals surface area contributed by atoms with Gasteiger partial charge in [0.15, 0.2) is 5.78 Å². The number of carboxylic acids is 1. The molecule has 7 rings (SSSR count). The van der Waals surface area contributed by atoms with E-state index in [0.29, 0.717) is 41.8 Å². The maximum absolute atomic E-state index is 13.6. The first kappa shape index (κ1) is 25.2. The molecule has 4 aromatic rings. The summed E-state index contributed by atoms with van der Waals surface area (Å²) in [6, 6.07) is 20.8. The number of rotatable bonds is 7. The highest BCUT2D eigenvalue weighted by Crippen LogP contribution is 2.48. The number of carbonyl (C=O) groups excluding carboxylic acids is 3. The fourth-order valence-corrected chi connectivity index (χ4v) is 6.67. The number of carboxylic acid groups (broad SMARTS) is 1. The SMILES string of the molecule is C[C@@H](O)[C@H]1C(=O)N2C(C(=O)[O-])=C(c3cc(Cn4cc[n+](Cc5ccccc5)c4)c4c(c3)-c3ccccc3C4=O)C[C@H]12. The molecule has 0 radical (unpaired) electrons. The Hall–Kier alpha value is -4.82. The zero-order chi connectivity index (χ0) is 28.4. The molecular weight excluding hydrogens is 518 g/mol. The number of amides is 1. The molecule has 3 aromatic carbocycles. The first-order chi connectivity index (χ1) is 19.8. The van der Waals surface area contributed by atoms with Crippen LogP contribution >= 0.6 is 0 Å². The normalized spacial score (nSPS) is 19.6. The van der Waals surface area contributed by atoms with Gasteiger partial charge in [-0.25, -0.2) is 9.13 Å². The Kier molecular flexibility index (Phi) is 5.76. The maximum Gasteiger partial charge on any atom is 0.244 e. The summed E-state index contributed by atoms with van der Waals surface area (Å²) in [5.74, 6) is -2.55. The fraction of sp³-hybridized carbons (Fsp3) is 0.212. The minimum Gasteiger partial charge on any atom is -0.543 e. The van der Waals surface area contributed by atoms with Crippen molar-refractivity contribution in [2.45, 2.75) is 38.6 Å². The summed E-state index contributed by atoms with van der Waals surface area (Å²) >= 11 is 0. The van der Waals surface area contributed by atoms with Gasteiger partial charge in [-0.1, -0.05) is 54.6 Å². The minimum absolute atomic E-state index is 0.0600. The van der Waals surface area contributed by atoms with E-state index in [0.717, 1.165) is 16.7 Å². The number of ketones is 1. The standard InChI is InChI=1S/C33H27N3O5/c1-19(37)28-27-15-25(30(33(40)41)36(27)32(28)39)21-13-22(29-26(14-21)23-9-5-6-10-24(23)31(29)38)17-35-12-11-34(18-35)16-20-7-3-2-4-8-20/h2-14,18-19,27-28,37H,15-17H2,1H3/t19-,27-,28-/m1/s1. The molecule has 1 N–H and O–H groups in total. The smallest absolute Gasteiger partial charge is 0.244 e. The lowest BCUT2D eigenvalue weighted by molar-refractivity contribution is -0.687. The molecule has 8 heteroatoms. The van der Waals surface area contributed by atoms with Crippen molar-refractivity contribution >= 4 is 23.2 Å². The second kappa shape index (κ2) is 9.38. The van der Waals surface area contributed by atoms with Crippen molar-refractivity contribution in [1.82, 2.24) is 9.47 Å². The number of hydrogen-bond donors (Lipinski definition) is 1. The summed E-state index contributed by atoms with van der Waals surface area (Å²) in [6.45, 7) is 2.65. The van der Waals surface area contributed by atoms with Crippen LogP contribution in [0.25, 0.3) is 16.7 Å². The van der Waals surface area contributed by atoms with Crippen LogP contribution in [0.2, 0.25) is 0 Å². The zero-order valence-electron chi connectivity index (χ0n) is 22.4. The van der Waals surface area contributed by atoms with Gasteiger partial charge in [0.25, 0.3) is 0 Å². The molecule has 2 aliphatic heterocycles. The summed E-state index contributed by atoms with van der Waals surface area (Å²) in [5.41, 5.74) is 5.67. The molecule has 1 saturated heterocycles. The highest BCUT2D eigenvalue weighted by molar-refractivity contribution is 6.23. The molecular formula is C33H27N3O5. The number of aliphatic carboxylic acids is 1. The number of aliphatic hydroxyl groups is 1. The van der Waals surface area contributed by atoms with Gasteiger partial charge in [0.1, 0.15) is 25.5 Å². The molecule has 204 valence electrons. The topological polar surface area (TPSA) is 107 Å². The molecule has 41 heavy (non-hydrogen) atoms. The Bertz CT molecular complexity index is 1790. The number of benzene rings is 3. The summed E-state index contributed by atoms with van der Waals surface area (Å²) in [5, 5.41) is 22.5. The molecule has 3 aliphatic rings. The van der Waals surface area contributed by atoms with Crippen molar-refractivity contribution < 1.29 is 29.2 Å². The van der Waals surface area contributed by atoms with Crippen LogP contribution in [0.5, 0.6) is 0 Å². The number of nitrogens with zero attached hydrogens (tertiary/aromatic N) is 3. The molecule has 8 nitrogen and oxygen atoms in total. The molecule has 0 unspecified atom stereocenters. The van der Waals surface area contributed by atoms with Crippen LogP contribution in [0.15, 0.2) is 91.1 Å². The highest BCUT2D eigenvalue weighted by atomic mass is 16.4. The number of aliphatic hydroxyl groups excluding tert-OH is 1. The van der Waals surface area contributed by atoms with E-state index in [9.17, 15) is 24.6 Å². The lowest BCUT2D eigenvalue weighted by Gasteiger charge is -2.45. The van der Waals surface area contributed by atoms with Crippen LogP contribution in [0, 0.1) is 5.92 Å². The van der Waals surface area contributed by atoms with Crippen LogP contribution < -0.4 is 9.67 Å². The van der Waals surface area contributed by atoms with E-state index < -0.39 is 29.9 Å². The number of β-lactam (4-membered cyclic amide) rings is 1. The summed E-state index contributed by atoms with van der Waals surface area (Å²) in [6.07, 6.45) is 5.32. The van der Waals surface area contributed by atoms with Crippen LogP contribution in [-0.2, 0) is 22.7 Å². The van der Waals surface area contributed by atoms with Gasteiger partial charge in [-0.15, -0.1) is 0 Å². The van der Waals surface area contributed by atoms with Crippen LogP contribution in [0.4, 0.5) is 0 Å². The van der Waals surface area contributed by atoms with Gasteiger partial charge in [0, 0.05) is 16.7 Å². The van der Waals surface area contributed by atoms with Crippen LogP contribution in [0.1, 0.15) is 46.0 Å². The molecule has 3 heterocycles. The van der Waals surface area contributed by atoms with E-state index in [1.807, 2.05) is 77.9 Å². The monoisotopic (exact) mass is 545 g/mol. The number of carbonyl (C=O) groups is 3. The Morgan fingerprint density at radius 2 is 1.78 bits per heavy atom. The Morgan fingerprint density at radius 1 is 1.05 bits per heavy atom. The summed E-state index contributed by atoms with van der Waals surface area (Å²) in [4.78, 5) is 40.0. The molecule has 0 bridgehead atoms. The van der Waals surface area contributed by atoms with E-state index in [2.05, 4.69) is 16.7 Å². The molecule has 1 amide bonds. The second-order valence-electron chi connectivity index (χ2n) is 11.0. The number of fused-ring (bicyclic) bond motifs is 4. The number of imidazole rings is 1. The van der Waals surface area contributed by atoms with Crippen LogP contribution in [0.3, 0.4) is 0 Å². The Labute approximate surface area is 236 Å². The van der Waals surface area contributed by atoms with Gasteiger partial charge in [-0.2, -0.15) is 0 Å². The van der Waals surface area contributed by atoms with Crippen LogP contribution in [-0.4, -0.2) is 44.4 Å². The molecule has 3 atom stereocenters. The average Bonchev–Trinajstić information content (AvgIpc) is 3.62. The van der Waals surface area contributed by atoms with Crippen molar-refractivity contribution in [3.05, 3.63) is 119 Å². The van der Waals surface area contributed by atoms with Crippen molar-refractivity contribution in [1.29, 1.82) is 0 Å². The number of hydrogen-bond acceptors (Lipinski definition) is 5. The second-order valence-corrected chi connectivity index (χ2v) is 11.0. The summed E-state index contributed by atoms with van der Waals surface area (Å²) in [7, 11) is 0. The molecule has 1 aromatic heterocycles. The Balaban J connectivity index is 1.32. The van der Waals surface area contributed by atoms with Gasteiger partial charge in [-0.3, -0.25) is 9.59 Å². The lowest BCUT2D eigenvalue weighted by atomic mass is 9.82. The van der Waals surface area contributed by atoms with Crippen molar-refractivity contribution in [3.63, 3.8) is 0 Å². The van der Waals surface area contributed by atoms with E-state index in [4.69, 9.17) is 0 Å². The predicted molar refractivity (Wildman–Crippen MR) is 147 cm³/mol. The van der Waals surface area contributed by atoms with Crippen molar-refractivity contribution in [3.8, 4) is 11.1 Å². The van der Waals surface area contributed by atoms with Gasteiger partial charge >= 0.3 is 0 Å². The first-order valence-corrected chi connectivity index (χ1v) is 13.7. The first-order valence-electron chi connectivity index (χ1n) is 13.7. The quantitative estimate of drug-likeness (QED) is 0.249. The molecule has 0 spiro atoms. The third-order valence-corrected chi connectivity index (χ3v) is 8.49. The fourth-order valence-electron chi connectivity index (χ4n) is 6.67. The van der Waals surface area contributed by atoms with E-state index in [1.54, 1.807) is 6.92 Å². The van der Waals surface area contributed by atoms with Gasteiger partial charge in [0.05, 0.1) is 29.7 Å². The highest BCUT2D eigenvalue weighted by Gasteiger charge is 2.55. The minimum atomic E-state index is -1.43. The Morgan fingerprint density at radius 3 is 2.51 bits per heavy atom. The van der Waals surface area contributed by atoms with E-state index in [1.165, 1.54) is 10.5 Å². The molecule has 1 aliphatic carbocycles. The maximum atomic E-state index is 13.6. The average molecular weight is 546 g/mol. The lowest BCUT2D eigenvalue weighted by Crippen LogP contribution is -2.62. The predicted octanol–water partition coefficient (Wildman–Crippen LogP) is 2.16. The third kappa shape index (κ3) is 3.94. The van der Waals surface area contributed by atoms with Gasteiger partial charge in [-0.05, 0) is 53.3 Å². The van der Waals surface area contributed by atoms with E-state index >= 15 is 0 Å².